The molecule has 1 aromatic carbocycles. The SMILES string of the molecule is CC(NC(=O)c1sc(N(C)C)nc1N)c1ccccc1Cl. The van der Waals surface area contributed by atoms with Crippen molar-refractivity contribution in [3.05, 3.63) is 39.7 Å². The molecule has 1 heterocycles. The Morgan fingerprint density at radius 3 is 2.67 bits per heavy atom. The molecule has 5 nitrogen and oxygen atoms in total. The molecule has 1 aromatic heterocycles. The number of aromatic nitrogens is 1. The lowest BCUT2D eigenvalue weighted by Crippen LogP contribution is -2.26. The van der Waals surface area contributed by atoms with E-state index < -0.39 is 0 Å². The van der Waals surface area contributed by atoms with Gasteiger partial charge in [-0.2, -0.15) is 0 Å². The second-order valence-electron chi connectivity index (χ2n) is 4.82. The number of nitrogens with two attached hydrogens (primary N) is 1. The molecule has 1 amide bonds. The van der Waals surface area contributed by atoms with Gasteiger partial charge in [0.15, 0.2) is 5.13 Å². The highest BCUT2D eigenvalue weighted by atomic mass is 35.5. The Kier molecular flexibility index (Phi) is 4.69. The summed E-state index contributed by atoms with van der Waals surface area (Å²) < 4.78 is 0. The minimum absolute atomic E-state index is 0.212. The summed E-state index contributed by atoms with van der Waals surface area (Å²) in [5.74, 6) is -0.00178. The van der Waals surface area contributed by atoms with Crippen molar-refractivity contribution in [3.8, 4) is 0 Å². The van der Waals surface area contributed by atoms with E-state index in [0.717, 1.165) is 5.56 Å². The van der Waals surface area contributed by atoms with Crippen molar-refractivity contribution in [3.63, 3.8) is 0 Å². The van der Waals surface area contributed by atoms with Crippen LogP contribution in [-0.4, -0.2) is 25.0 Å². The maximum absolute atomic E-state index is 12.3. The monoisotopic (exact) mass is 324 g/mol. The molecule has 0 aliphatic carbocycles. The van der Waals surface area contributed by atoms with Crippen molar-refractivity contribution in [1.29, 1.82) is 0 Å². The molecule has 1 atom stereocenters. The maximum atomic E-state index is 12.3. The number of halogens is 1. The Bertz CT molecular complexity index is 656. The highest BCUT2D eigenvalue weighted by molar-refractivity contribution is 7.18. The fourth-order valence-corrected chi connectivity index (χ4v) is 2.95. The van der Waals surface area contributed by atoms with Crippen LogP contribution in [0.1, 0.15) is 28.2 Å². The Morgan fingerprint density at radius 2 is 2.10 bits per heavy atom. The topological polar surface area (TPSA) is 71.2 Å². The van der Waals surface area contributed by atoms with Crippen LogP contribution in [-0.2, 0) is 0 Å². The number of nitrogen functional groups attached to an aromatic ring is 1. The van der Waals surface area contributed by atoms with Gasteiger partial charge in [-0.25, -0.2) is 4.98 Å². The maximum Gasteiger partial charge on any atom is 0.265 e. The van der Waals surface area contributed by atoms with Crippen LogP contribution in [0.25, 0.3) is 0 Å². The summed E-state index contributed by atoms with van der Waals surface area (Å²) in [6, 6.07) is 7.20. The molecule has 0 radical (unpaired) electrons. The third-order valence-electron chi connectivity index (χ3n) is 2.95. The van der Waals surface area contributed by atoms with Crippen molar-refractivity contribution < 1.29 is 4.79 Å². The van der Waals surface area contributed by atoms with E-state index in [2.05, 4.69) is 10.3 Å². The summed E-state index contributed by atoms with van der Waals surface area (Å²) in [6.45, 7) is 1.88. The molecular formula is C14H17ClN4OS. The molecule has 0 bridgehead atoms. The largest absolute Gasteiger partial charge is 0.382 e. The summed E-state index contributed by atoms with van der Waals surface area (Å²) in [5.41, 5.74) is 6.67. The molecule has 0 fully saturated rings. The predicted molar refractivity (Wildman–Crippen MR) is 88.2 cm³/mol. The van der Waals surface area contributed by atoms with Crippen LogP contribution < -0.4 is 16.0 Å². The normalized spacial score (nSPS) is 12.0. The van der Waals surface area contributed by atoms with Gasteiger partial charge in [0.2, 0.25) is 0 Å². The number of thiazole rings is 1. The van der Waals surface area contributed by atoms with E-state index in [1.54, 1.807) is 6.07 Å². The molecule has 0 spiro atoms. The van der Waals surface area contributed by atoms with Crippen LogP contribution in [0.5, 0.6) is 0 Å². The molecule has 3 N–H and O–H groups in total. The van der Waals surface area contributed by atoms with E-state index in [0.29, 0.717) is 15.0 Å². The number of carbonyl (C=O) groups excluding carboxylic acids is 1. The van der Waals surface area contributed by atoms with Crippen LogP contribution in [0.4, 0.5) is 10.9 Å². The van der Waals surface area contributed by atoms with Gasteiger partial charge < -0.3 is 16.0 Å². The first-order valence-corrected chi connectivity index (χ1v) is 7.58. The predicted octanol–water partition coefficient (Wildman–Crippen LogP) is 2.94. The Balaban J connectivity index is 2.16. The van der Waals surface area contributed by atoms with Gasteiger partial charge in [-0.1, -0.05) is 41.1 Å². The van der Waals surface area contributed by atoms with Crippen molar-refractivity contribution in [2.75, 3.05) is 24.7 Å². The van der Waals surface area contributed by atoms with E-state index >= 15 is 0 Å². The van der Waals surface area contributed by atoms with Crippen LogP contribution in [0.2, 0.25) is 5.02 Å². The zero-order valence-corrected chi connectivity index (χ0v) is 13.6. The fraction of sp³-hybridized carbons (Fsp3) is 0.286. The summed E-state index contributed by atoms with van der Waals surface area (Å²) in [4.78, 5) is 18.7. The molecule has 1 unspecified atom stereocenters. The summed E-state index contributed by atoms with van der Waals surface area (Å²) >= 11 is 7.39. The van der Waals surface area contributed by atoms with Gasteiger partial charge in [0.25, 0.3) is 5.91 Å². The van der Waals surface area contributed by atoms with Gasteiger partial charge >= 0.3 is 0 Å². The Hall–Kier alpha value is -1.79. The zero-order chi connectivity index (χ0) is 15.6. The number of hydrogen-bond acceptors (Lipinski definition) is 5. The number of hydrogen-bond donors (Lipinski definition) is 2. The van der Waals surface area contributed by atoms with Gasteiger partial charge in [0.05, 0.1) is 6.04 Å². The standard InChI is InChI=1S/C14H17ClN4OS/c1-8(9-6-4-5-7-10(9)15)17-13(20)11-12(16)18-14(21-11)19(2)3/h4-8H,16H2,1-3H3,(H,17,20). The lowest BCUT2D eigenvalue weighted by molar-refractivity contribution is 0.0944. The number of benzene rings is 1. The van der Waals surface area contributed by atoms with E-state index in [4.69, 9.17) is 17.3 Å². The molecule has 2 rings (SSSR count). The summed E-state index contributed by atoms with van der Waals surface area (Å²) in [6.07, 6.45) is 0. The average Bonchev–Trinajstić information content (AvgIpc) is 2.81. The molecule has 21 heavy (non-hydrogen) atoms. The van der Waals surface area contributed by atoms with Gasteiger partial charge in [-0.3, -0.25) is 4.79 Å². The van der Waals surface area contributed by atoms with E-state index in [-0.39, 0.29) is 17.8 Å². The number of carbonyl (C=O) groups is 1. The van der Waals surface area contributed by atoms with Crippen molar-refractivity contribution in [2.24, 2.45) is 0 Å². The van der Waals surface area contributed by atoms with E-state index in [1.165, 1.54) is 11.3 Å². The number of amides is 1. The van der Waals surface area contributed by atoms with Gasteiger partial charge in [-0.15, -0.1) is 0 Å². The van der Waals surface area contributed by atoms with Crippen molar-refractivity contribution >= 4 is 39.8 Å². The number of nitrogens with zero attached hydrogens (tertiary/aromatic N) is 2. The first-order valence-electron chi connectivity index (χ1n) is 6.39. The fourth-order valence-electron chi connectivity index (χ4n) is 1.84. The minimum Gasteiger partial charge on any atom is -0.382 e. The highest BCUT2D eigenvalue weighted by Crippen LogP contribution is 2.28. The third-order valence-corrected chi connectivity index (χ3v) is 4.53. The zero-order valence-electron chi connectivity index (χ0n) is 12.1. The van der Waals surface area contributed by atoms with Crippen LogP contribution in [0.15, 0.2) is 24.3 Å². The minimum atomic E-state index is -0.245. The molecule has 0 saturated carbocycles. The molecule has 0 saturated heterocycles. The molecule has 0 aliphatic heterocycles. The van der Waals surface area contributed by atoms with Crippen molar-refractivity contribution in [2.45, 2.75) is 13.0 Å². The summed E-state index contributed by atoms with van der Waals surface area (Å²) in [5, 5.41) is 4.21. The Labute approximate surface area is 132 Å². The second-order valence-corrected chi connectivity index (χ2v) is 6.21. The lowest BCUT2D eigenvalue weighted by Gasteiger charge is -2.15. The molecule has 2 aromatic rings. The highest BCUT2D eigenvalue weighted by Gasteiger charge is 2.20. The Morgan fingerprint density at radius 1 is 1.43 bits per heavy atom. The lowest BCUT2D eigenvalue weighted by atomic mass is 10.1. The molecule has 0 aliphatic rings. The van der Waals surface area contributed by atoms with E-state index in [1.807, 2.05) is 44.1 Å². The average molecular weight is 325 g/mol. The van der Waals surface area contributed by atoms with E-state index in [9.17, 15) is 4.79 Å². The molecule has 112 valence electrons. The van der Waals surface area contributed by atoms with Crippen LogP contribution >= 0.6 is 22.9 Å². The van der Waals surface area contributed by atoms with Gasteiger partial charge in [0, 0.05) is 19.1 Å². The molecule has 7 heteroatoms. The first kappa shape index (κ1) is 15.6. The quantitative estimate of drug-likeness (QED) is 0.907. The van der Waals surface area contributed by atoms with Gasteiger partial charge in [-0.05, 0) is 18.6 Å². The third kappa shape index (κ3) is 3.46. The van der Waals surface area contributed by atoms with Gasteiger partial charge in [0.1, 0.15) is 10.7 Å². The second kappa shape index (κ2) is 6.32. The summed E-state index contributed by atoms with van der Waals surface area (Å²) in [7, 11) is 3.71. The van der Waals surface area contributed by atoms with Crippen LogP contribution in [0, 0.1) is 0 Å². The van der Waals surface area contributed by atoms with Crippen LogP contribution in [0.3, 0.4) is 0 Å². The smallest absolute Gasteiger partial charge is 0.265 e. The number of nitrogens with one attached hydrogen (secondary N) is 1. The number of anilines is 2. The van der Waals surface area contributed by atoms with Crippen molar-refractivity contribution in [1.82, 2.24) is 10.3 Å². The first-order chi connectivity index (χ1) is 9.90. The molecular weight excluding hydrogens is 308 g/mol. The number of rotatable bonds is 4.